The Morgan fingerprint density at radius 3 is 2.93 bits per heavy atom. The predicted octanol–water partition coefficient (Wildman–Crippen LogP) is 1.86. The van der Waals surface area contributed by atoms with Crippen molar-refractivity contribution in [2.24, 2.45) is 0 Å². The van der Waals surface area contributed by atoms with E-state index in [1.807, 2.05) is 30.5 Å². The van der Waals surface area contributed by atoms with Crippen molar-refractivity contribution in [2.45, 2.75) is 24.7 Å². The van der Waals surface area contributed by atoms with E-state index in [0.29, 0.717) is 37.3 Å². The lowest BCUT2D eigenvalue weighted by Crippen LogP contribution is -2.35. The molecule has 0 unspecified atom stereocenters. The van der Waals surface area contributed by atoms with E-state index >= 15 is 0 Å². The summed E-state index contributed by atoms with van der Waals surface area (Å²) in [6.07, 6.45) is 3.42. The van der Waals surface area contributed by atoms with Gasteiger partial charge in [0.1, 0.15) is 10.8 Å². The number of ether oxygens (including phenoxy) is 1. The number of methoxy groups -OCH3 is 1. The van der Waals surface area contributed by atoms with Gasteiger partial charge in [-0.3, -0.25) is 14.7 Å². The molecule has 8 nitrogen and oxygen atoms in total. The van der Waals surface area contributed by atoms with E-state index in [-0.39, 0.29) is 10.7 Å². The van der Waals surface area contributed by atoms with Crippen LogP contribution in [0, 0.1) is 0 Å². The van der Waals surface area contributed by atoms with Crippen molar-refractivity contribution in [3.63, 3.8) is 0 Å². The minimum absolute atomic E-state index is 0.264. The molecule has 3 aromatic rings. The third-order valence-corrected chi connectivity index (χ3v) is 6.65. The van der Waals surface area contributed by atoms with Crippen molar-refractivity contribution in [1.82, 2.24) is 19.9 Å². The Labute approximate surface area is 172 Å². The lowest BCUT2D eigenvalue weighted by Gasteiger charge is -2.26. The fourth-order valence-corrected chi connectivity index (χ4v) is 4.76. The number of fused-ring (bicyclic) bond motifs is 1. The first kappa shape index (κ1) is 19.7. The number of aromatic nitrogens is 3. The molecule has 152 valence electrons. The summed E-state index contributed by atoms with van der Waals surface area (Å²) in [5.41, 5.74) is 1.70. The normalized spacial score (nSPS) is 14.6. The SMILES string of the molecule is COc1cccc(-c2ncc(CN3CCc4nc(S(C)(=O)=O)[nH]c(=O)c4C3)s2)c1. The van der Waals surface area contributed by atoms with Gasteiger partial charge in [-0.05, 0) is 12.1 Å². The Hall–Kier alpha value is -2.56. The summed E-state index contributed by atoms with van der Waals surface area (Å²) in [5.74, 6) is 0.784. The second-order valence-electron chi connectivity index (χ2n) is 6.89. The van der Waals surface area contributed by atoms with E-state index in [9.17, 15) is 13.2 Å². The van der Waals surface area contributed by atoms with E-state index in [1.165, 1.54) is 0 Å². The summed E-state index contributed by atoms with van der Waals surface area (Å²) in [4.78, 5) is 26.7. The second-order valence-corrected chi connectivity index (χ2v) is 9.94. The Morgan fingerprint density at radius 2 is 2.17 bits per heavy atom. The standard InChI is InChI=1S/C19H20N4O4S2/c1-27-13-5-3-4-12(8-13)18-20-9-14(28-18)10-23-7-6-16-15(11-23)17(24)22-19(21-16)29(2,25)26/h3-5,8-9H,6-7,10-11H2,1-2H3,(H,21,22,24). The molecular formula is C19H20N4O4S2. The van der Waals surface area contributed by atoms with Gasteiger partial charge in [0, 0.05) is 48.9 Å². The highest BCUT2D eigenvalue weighted by Crippen LogP contribution is 2.29. The van der Waals surface area contributed by atoms with Crippen LogP contribution in [-0.2, 0) is 29.3 Å². The maximum Gasteiger partial charge on any atom is 0.256 e. The van der Waals surface area contributed by atoms with Gasteiger partial charge in [-0.1, -0.05) is 12.1 Å². The van der Waals surface area contributed by atoms with Crippen LogP contribution >= 0.6 is 11.3 Å². The summed E-state index contributed by atoms with van der Waals surface area (Å²) in [6.45, 7) is 1.78. The van der Waals surface area contributed by atoms with Gasteiger partial charge in [-0.2, -0.15) is 0 Å². The topological polar surface area (TPSA) is 105 Å². The molecule has 0 amide bonds. The smallest absolute Gasteiger partial charge is 0.256 e. The average molecular weight is 433 g/mol. The van der Waals surface area contributed by atoms with Crippen LogP contribution in [0.15, 0.2) is 40.4 Å². The summed E-state index contributed by atoms with van der Waals surface area (Å²) in [7, 11) is -1.91. The number of hydrogen-bond acceptors (Lipinski definition) is 8. The summed E-state index contributed by atoms with van der Waals surface area (Å²) >= 11 is 1.60. The van der Waals surface area contributed by atoms with Crippen LogP contribution in [0.5, 0.6) is 5.75 Å². The number of hydrogen-bond donors (Lipinski definition) is 1. The number of nitrogens with zero attached hydrogens (tertiary/aromatic N) is 3. The van der Waals surface area contributed by atoms with Gasteiger partial charge in [-0.15, -0.1) is 11.3 Å². The van der Waals surface area contributed by atoms with Gasteiger partial charge >= 0.3 is 0 Å². The molecule has 3 heterocycles. The molecule has 2 aromatic heterocycles. The third-order valence-electron chi connectivity index (χ3n) is 4.73. The predicted molar refractivity (Wildman–Crippen MR) is 110 cm³/mol. The zero-order valence-electron chi connectivity index (χ0n) is 16.0. The van der Waals surface area contributed by atoms with Crippen LogP contribution in [-0.4, -0.2) is 48.2 Å². The zero-order chi connectivity index (χ0) is 20.6. The maximum atomic E-state index is 12.4. The van der Waals surface area contributed by atoms with E-state index in [1.54, 1.807) is 18.4 Å². The van der Waals surface area contributed by atoms with E-state index in [2.05, 4.69) is 19.9 Å². The lowest BCUT2D eigenvalue weighted by atomic mass is 10.1. The summed E-state index contributed by atoms with van der Waals surface area (Å²) in [5, 5.41) is 0.647. The molecule has 4 rings (SSSR count). The number of aromatic amines is 1. The summed E-state index contributed by atoms with van der Waals surface area (Å²) < 4.78 is 28.6. The quantitative estimate of drug-likeness (QED) is 0.614. The molecule has 1 aliphatic heterocycles. The number of rotatable bonds is 5. The highest BCUT2D eigenvalue weighted by atomic mass is 32.2. The highest BCUT2D eigenvalue weighted by molar-refractivity contribution is 7.90. The number of benzene rings is 1. The number of sulfone groups is 1. The van der Waals surface area contributed by atoms with Crippen LogP contribution in [0.25, 0.3) is 10.6 Å². The van der Waals surface area contributed by atoms with Crippen molar-refractivity contribution < 1.29 is 13.2 Å². The van der Waals surface area contributed by atoms with Gasteiger partial charge in [0.2, 0.25) is 15.0 Å². The van der Waals surface area contributed by atoms with Gasteiger partial charge in [0.05, 0.1) is 18.4 Å². The highest BCUT2D eigenvalue weighted by Gasteiger charge is 2.24. The molecule has 0 radical (unpaired) electrons. The Kier molecular flexibility index (Phi) is 5.24. The van der Waals surface area contributed by atoms with E-state index < -0.39 is 9.84 Å². The number of H-pyrrole nitrogens is 1. The third kappa shape index (κ3) is 4.24. The fourth-order valence-electron chi connectivity index (χ4n) is 3.26. The van der Waals surface area contributed by atoms with Crippen LogP contribution in [0.3, 0.4) is 0 Å². The average Bonchev–Trinajstić information content (AvgIpc) is 3.16. The molecule has 0 saturated heterocycles. The molecule has 1 aliphatic rings. The van der Waals surface area contributed by atoms with Gasteiger partial charge in [0.25, 0.3) is 5.56 Å². The van der Waals surface area contributed by atoms with E-state index in [0.717, 1.165) is 27.5 Å². The van der Waals surface area contributed by atoms with Crippen molar-refractivity contribution in [3.8, 4) is 16.3 Å². The van der Waals surface area contributed by atoms with Crippen molar-refractivity contribution >= 4 is 21.2 Å². The van der Waals surface area contributed by atoms with Gasteiger partial charge in [-0.25, -0.2) is 18.4 Å². The van der Waals surface area contributed by atoms with Crippen LogP contribution in [0.1, 0.15) is 16.1 Å². The van der Waals surface area contributed by atoms with Crippen LogP contribution in [0.2, 0.25) is 0 Å². The minimum atomic E-state index is -3.55. The molecule has 29 heavy (non-hydrogen) atoms. The Morgan fingerprint density at radius 1 is 1.34 bits per heavy atom. The Balaban J connectivity index is 1.51. The largest absolute Gasteiger partial charge is 0.497 e. The molecule has 0 saturated carbocycles. The molecule has 0 atom stereocenters. The summed E-state index contributed by atoms with van der Waals surface area (Å²) in [6, 6.07) is 7.77. The zero-order valence-corrected chi connectivity index (χ0v) is 17.6. The number of nitrogens with one attached hydrogen (secondary N) is 1. The fraction of sp³-hybridized carbons (Fsp3) is 0.316. The minimum Gasteiger partial charge on any atom is -0.497 e. The van der Waals surface area contributed by atoms with Gasteiger partial charge in [0.15, 0.2) is 0 Å². The molecular weight excluding hydrogens is 412 g/mol. The van der Waals surface area contributed by atoms with Gasteiger partial charge < -0.3 is 4.74 Å². The molecule has 1 aromatic carbocycles. The van der Waals surface area contributed by atoms with Crippen molar-refractivity contribution in [2.75, 3.05) is 19.9 Å². The van der Waals surface area contributed by atoms with Crippen molar-refractivity contribution in [3.05, 3.63) is 57.0 Å². The van der Waals surface area contributed by atoms with Crippen LogP contribution in [0.4, 0.5) is 0 Å². The number of thiazole rings is 1. The first-order valence-corrected chi connectivity index (χ1v) is 11.7. The molecule has 0 bridgehead atoms. The second kappa shape index (κ2) is 7.69. The molecule has 1 N–H and O–H groups in total. The molecule has 0 spiro atoms. The lowest BCUT2D eigenvalue weighted by molar-refractivity contribution is 0.243. The first-order valence-electron chi connectivity index (χ1n) is 8.97. The molecule has 0 aliphatic carbocycles. The van der Waals surface area contributed by atoms with E-state index in [4.69, 9.17) is 4.74 Å². The maximum absolute atomic E-state index is 12.4. The molecule has 10 heteroatoms. The molecule has 0 fully saturated rings. The Bertz CT molecular complexity index is 1220. The van der Waals surface area contributed by atoms with Crippen LogP contribution < -0.4 is 10.3 Å². The van der Waals surface area contributed by atoms with Crippen molar-refractivity contribution in [1.29, 1.82) is 0 Å². The monoisotopic (exact) mass is 432 g/mol. The first-order chi connectivity index (χ1) is 13.8.